The Kier molecular flexibility index (Phi) is 4.70. The topological polar surface area (TPSA) is 29.3 Å². The summed E-state index contributed by atoms with van der Waals surface area (Å²) < 4.78 is 13.2. The fourth-order valence-corrected chi connectivity index (χ4v) is 1.87. The fraction of sp³-hybridized carbons (Fsp3) is 0.429. The van der Waals surface area contributed by atoms with E-state index in [9.17, 15) is 4.39 Å². The van der Waals surface area contributed by atoms with E-state index in [1.165, 1.54) is 12.1 Å². The van der Waals surface area contributed by atoms with E-state index in [0.29, 0.717) is 0 Å². The maximum Gasteiger partial charge on any atom is 0.123 e. The molecule has 0 bridgehead atoms. The summed E-state index contributed by atoms with van der Waals surface area (Å²) in [5, 5.41) is 0. The minimum Gasteiger partial charge on any atom is -0.368 e. The lowest BCUT2D eigenvalue weighted by Gasteiger charge is -2.27. The summed E-state index contributed by atoms with van der Waals surface area (Å²) in [5.74, 6) is -0.243. The van der Waals surface area contributed by atoms with Crippen molar-refractivity contribution in [1.82, 2.24) is 0 Å². The van der Waals surface area contributed by atoms with Crippen molar-refractivity contribution in [2.75, 3.05) is 18.0 Å². The zero-order chi connectivity index (χ0) is 13.0. The SMILES string of the molecule is C=C(C)CN(CC)c1ccc(F)cc1[C@H](C)N. The number of likely N-dealkylation sites (N-methyl/N-ethyl adjacent to an activating group) is 1. The number of benzene rings is 1. The van der Waals surface area contributed by atoms with Gasteiger partial charge in [0.05, 0.1) is 0 Å². The summed E-state index contributed by atoms with van der Waals surface area (Å²) in [6, 6.07) is 4.60. The van der Waals surface area contributed by atoms with Gasteiger partial charge in [-0.15, -0.1) is 0 Å². The maximum absolute atomic E-state index is 13.2. The molecule has 0 aromatic heterocycles. The van der Waals surface area contributed by atoms with Gasteiger partial charge in [0.15, 0.2) is 0 Å². The molecule has 0 aliphatic carbocycles. The van der Waals surface area contributed by atoms with Gasteiger partial charge in [-0.3, -0.25) is 0 Å². The molecule has 1 aromatic carbocycles. The molecule has 0 aliphatic heterocycles. The molecule has 0 aliphatic rings. The summed E-state index contributed by atoms with van der Waals surface area (Å²) in [7, 11) is 0. The van der Waals surface area contributed by atoms with Crippen LogP contribution in [0.25, 0.3) is 0 Å². The summed E-state index contributed by atoms with van der Waals surface area (Å²) in [6.45, 7) is 11.4. The minimum absolute atomic E-state index is 0.181. The van der Waals surface area contributed by atoms with Crippen molar-refractivity contribution in [3.8, 4) is 0 Å². The molecule has 0 unspecified atom stereocenters. The molecule has 3 heteroatoms. The van der Waals surface area contributed by atoms with Crippen LogP contribution < -0.4 is 10.6 Å². The molecule has 0 saturated carbocycles. The molecule has 0 spiro atoms. The van der Waals surface area contributed by atoms with Gasteiger partial charge in [0.1, 0.15) is 5.82 Å². The van der Waals surface area contributed by atoms with E-state index in [1.807, 2.05) is 13.8 Å². The highest BCUT2D eigenvalue weighted by Crippen LogP contribution is 2.26. The standard InChI is InChI=1S/C14H21FN2/c1-5-17(9-10(2)3)14-7-6-12(15)8-13(14)11(4)16/h6-8,11H,2,5,9,16H2,1,3-4H3/t11-/m0/s1. The predicted octanol–water partition coefficient (Wildman–Crippen LogP) is 3.25. The first-order valence-electron chi connectivity index (χ1n) is 5.90. The highest BCUT2D eigenvalue weighted by molar-refractivity contribution is 5.55. The largest absolute Gasteiger partial charge is 0.368 e. The van der Waals surface area contributed by atoms with E-state index in [2.05, 4.69) is 18.4 Å². The van der Waals surface area contributed by atoms with E-state index in [-0.39, 0.29) is 11.9 Å². The van der Waals surface area contributed by atoms with E-state index in [0.717, 1.165) is 29.9 Å². The quantitative estimate of drug-likeness (QED) is 0.795. The second kappa shape index (κ2) is 5.82. The first kappa shape index (κ1) is 13.7. The molecule has 0 amide bonds. The van der Waals surface area contributed by atoms with Gasteiger partial charge in [-0.1, -0.05) is 12.2 Å². The molecular weight excluding hydrogens is 215 g/mol. The molecule has 2 nitrogen and oxygen atoms in total. The van der Waals surface area contributed by atoms with Crippen LogP contribution in [0.5, 0.6) is 0 Å². The van der Waals surface area contributed by atoms with Gasteiger partial charge in [-0.25, -0.2) is 4.39 Å². The summed E-state index contributed by atoms with van der Waals surface area (Å²) in [6.07, 6.45) is 0. The normalized spacial score (nSPS) is 12.3. The summed E-state index contributed by atoms with van der Waals surface area (Å²) >= 11 is 0. The average Bonchev–Trinajstić information content (AvgIpc) is 2.25. The molecule has 2 N–H and O–H groups in total. The van der Waals surface area contributed by atoms with Crippen LogP contribution in [0, 0.1) is 5.82 Å². The minimum atomic E-state index is -0.243. The van der Waals surface area contributed by atoms with Gasteiger partial charge in [0.25, 0.3) is 0 Å². The molecule has 1 aromatic rings. The molecule has 0 fully saturated rings. The Bertz CT molecular complexity index is 399. The Balaban J connectivity index is 3.13. The zero-order valence-electron chi connectivity index (χ0n) is 10.8. The molecule has 1 atom stereocenters. The maximum atomic E-state index is 13.2. The van der Waals surface area contributed by atoms with Crippen molar-refractivity contribution in [3.05, 3.63) is 41.7 Å². The number of hydrogen-bond acceptors (Lipinski definition) is 2. The molecule has 0 heterocycles. The summed E-state index contributed by atoms with van der Waals surface area (Å²) in [4.78, 5) is 2.15. The van der Waals surface area contributed by atoms with Crippen molar-refractivity contribution >= 4 is 5.69 Å². The van der Waals surface area contributed by atoms with Gasteiger partial charge in [-0.05, 0) is 44.5 Å². The van der Waals surface area contributed by atoms with Crippen molar-refractivity contribution in [3.63, 3.8) is 0 Å². The number of nitrogens with two attached hydrogens (primary N) is 1. The first-order chi connectivity index (χ1) is 7.95. The number of halogens is 1. The highest BCUT2D eigenvalue weighted by Gasteiger charge is 2.13. The third-order valence-corrected chi connectivity index (χ3v) is 2.66. The molecule has 17 heavy (non-hydrogen) atoms. The second-order valence-corrected chi connectivity index (χ2v) is 4.46. The Morgan fingerprint density at radius 1 is 1.53 bits per heavy atom. The van der Waals surface area contributed by atoms with E-state index in [4.69, 9.17) is 5.73 Å². The van der Waals surface area contributed by atoms with Crippen LogP contribution in [0.2, 0.25) is 0 Å². The van der Waals surface area contributed by atoms with Crippen LogP contribution in [0.3, 0.4) is 0 Å². The predicted molar refractivity (Wildman–Crippen MR) is 71.7 cm³/mol. The lowest BCUT2D eigenvalue weighted by atomic mass is 10.1. The Labute approximate surface area is 103 Å². The van der Waals surface area contributed by atoms with Crippen molar-refractivity contribution in [2.24, 2.45) is 5.73 Å². The van der Waals surface area contributed by atoms with E-state index >= 15 is 0 Å². The lowest BCUT2D eigenvalue weighted by Crippen LogP contribution is -2.26. The fourth-order valence-electron chi connectivity index (χ4n) is 1.87. The third kappa shape index (κ3) is 3.56. The lowest BCUT2D eigenvalue weighted by molar-refractivity contribution is 0.621. The van der Waals surface area contributed by atoms with E-state index < -0.39 is 0 Å². The van der Waals surface area contributed by atoms with Crippen LogP contribution in [0.4, 0.5) is 10.1 Å². The molecule has 94 valence electrons. The van der Waals surface area contributed by atoms with Crippen LogP contribution in [-0.2, 0) is 0 Å². The number of anilines is 1. The average molecular weight is 236 g/mol. The Morgan fingerprint density at radius 3 is 2.65 bits per heavy atom. The van der Waals surface area contributed by atoms with Gasteiger partial charge >= 0.3 is 0 Å². The molecule has 1 rings (SSSR count). The molecular formula is C14H21FN2. The smallest absolute Gasteiger partial charge is 0.123 e. The number of hydrogen-bond donors (Lipinski definition) is 1. The Morgan fingerprint density at radius 2 is 2.18 bits per heavy atom. The van der Waals surface area contributed by atoms with Crippen LogP contribution in [0.1, 0.15) is 32.4 Å². The number of nitrogens with zero attached hydrogens (tertiary/aromatic N) is 1. The van der Waals surface area contributed by atoms with Crippen molar-refractivity contribution in [1.29, 1.82) is 0 Å². The van der Waals surface area contributed by atoms with Crippen LogP contribution in [0.15, 0.2) is 30.4 Å². The Hall–Kier alpha value is -1.35. The first-order valence-corrected chi connectivity index (χ1v) is 5.90. The third-order valence-electron chi connectivity index (χ3n) is 2.66. The van der Waals surface area contributed by atoms with Gasteiger partial charge in [0.2, 0.25) is 0 Å². The van der Waals surface area contributed by atoms with Crippen molar-refractivity contribution in [2.45, 2.75) is 26.8 Å². The molecule has 0 saturated heterocycles. The van der Waals surface area contributed by atoms with Crippen molar-refractivity contribution < 1.29 is 4.39 Å². The van der Waals surface area contributed by atoms with Crippen LogP contribution in [-0.4, -0.2) is 13.1 Å². The van der Waals surface area contributed by atoms with Gasteiger partial charge in [0, 0.05) is 24.8 Å². The second-order valence-electron chi connectivity index (χ2n) is 4.46. The molecule has 0 radical (unpaired) electrons. The van der Waals surface area contributed by atoms with E-state index in [1.54, 1.807) is 6.07 Å². The van der Waals surface area contributed by atoms with Gasteiger partial charge in [-0.2, -0.15) is 0 Å². The zero-order valence-corrected chi connectivity index (χ0v) is 10.8. The summed E-state index contributed by atoms with van der Waals surface area (Å²) in [5.41, 5.74) is 8.80. The van der Waals surface area contributed by atoms with Crippen LogP contribution >= 0.6 is 0 Å². The highest BCUT2D eigenvalue weighted by atomic mass is 19.1. The number of rotatable bonds is 5. The van der Waals surface area contributed by atoms with Gasteiger partial charge < -0.3 is 10.6 Å². The monoisotopic (exact) mass is 236 g/mol.